The second-order valence-corrected chi connectivity index (χ2v) is 4.59. The number of halogens is 1. The molecule has 0 fully saturated rings. The molecular formula is C8H8BrN5OS. The van der Waals surface area contributed by atoms with Crippen LogP contribution in [-0.2, 0) is 13.5 Å². The summed E-state index contributed by atoms with van der Waals surface area (Å²) in [6, 6.07) is 0. The molecule has 0 unspecified atom stereocenters. The zero-order chi connectivity index (χ0) is 11.7. The van der Waals surface area contributed by atoms with E-state index in [9.17, 15) is 4.79 Å². The highest BCUT2D eigenvalue weighted by Gasteiger charge is 2.23. The van der Waals surface area contributed by atoms with Crippen LogP contribution in [0.4, 0.5) is 0 Å². The Hall–Kier alpha value is -1.15. The molecule has 0 radical (unpaired) electrons. The molecule has 0 bridgehead atoms. The van der Waals surface area contributed by atoms with Crippen LogP contribution in [0.1, 0.15) is 28.0 Å². The second kappa shape index (κ2) is 4.38. The predicted octanol–water partition coefficient (Wildman–Crippen LogP) is 1.22. The van der Waals surface area contributed by atoms with Gasteiger partial charge >= 0.3 is 0 Å². The number of ketones is 1. The zero-order valence-electron chi connectivity index (χ0n) is 8.64. The topological polar surface area (TPSA) is 73.6 Å². The Labute approximate surface area is 104 Å². The van der Waals surface area contributed by atoms with E-state index in [-0.39, 0.29) is 5.78 Å². The molecule has 2 heterocycles. The van der Waals surface area contributed by atoms with Crippen molar-refractivity contribution < 1.29 is 4.79 Å². The number of nitrogens with zero attached hydrogens (tertiary/aromatic N) is 5. The molecular weight excluding hydrogens is 294 g/mol. The fraction of sp³-hybridized carbons (Fsp3) is 0.375. The van der Waals surface area contributed by atoms with E-state index in [0.717, 1.165) is 11.5 Å². The molecule has 2 aromatic heterocycles. The summed E-state index contributed by atoms with van der Waals surface area (Å²) in [7, 11) is 1.67. The Kier molecular flexibility index (Phi) is 3.10. The van der Waals surface area contributed by atoms with Crippen LogP contribution in [0.2, 0.25) is 0 Å². The molecule has 0 spiro atoms. The summed E-state index contributed by atoms with van der Waals surface area (Å²) in [5, 5.41) is 11.4. The van der Waals surface area contributed by atoms with Gasteiger partial charge in [-0.3, -0.25) is 4.79 Å². The van der Waals surface area contributed by atoms with E-state index in [2.05, 4.69) is 35.8 Å². The third-order valence-electron chi connectivity index (χ3n) is 2.10. The van der Waals surface area contributed by atoms with Gasteiger partial charge in [-0.1, -0.05) is 16.6 Å². The molecule has 0 atom stereocenters. The highest BCUT2D eigenvalue weighted by atomic mass is 79.9. The lowest BCUT2D eigenvalue weighted by Gasteiger charge is -1.99. The lowest BCUT2D eigenvalue weighted by molar-refractivity contribution is 0.103. The first-order valence-corrected chi connectivity index (χ1v) is 6.12. The van der Waals surface area contributed by atoms with Crippen molar-refractivity contribution in [3.8, 4) is 0 Å². The van der Waals surface area contributed by atoms with Crippen LogP contribution >= 0.6 is 27.5 Å². The minimum Gasteiger partial charge on any atom is -0.286 e. The first kappa shape index (κ1) is 11.3. The van der Waals surface area contributed by atoms with Crippen molar-refractivity contribution in [1.82, 2.24) is 24.6 Å². The Balaban J connectivity index is 2.47. The molecule has 0 aliphatic heterocycles. The molecule has 6 nitrogen and oxygen atoms in total. The Morgan fingerprint density at radius 3 is 2.81 bits per heavy atom. The smallest absolute Gasteiger partial charge is 0.227 e. The van der Waals surface area contributed by atoms with Crippen molar-refractivity contribution in [1.29, 1.82) is 0 Å². The molecule has 2 aromatic rings. The molecule has 8 heteroatoms. The van der Waals surface area contributed by atoms with E-state index in [1.54, 1.807) is 7.05 Å². The van der Waals surface area contributed by atoms with E-state index in [1.807, 2.05) is 6.92 Å². The van der Waals surface area contributed by atoms with Gasteiger partial charge in [0, 0.05) is 7.05 Å². The Morgan fingerprint density at radius 1 is 1.50 bits per heavy atom. The molecule has 84 valence electrons. The van der Waals surface area contributed by atoms with Gasteiger partial charge in [-0.25, -0.2) is 4.68 Å². The molecule has 16 heavy (non-hydrogen) atoms. The molecule has 0 aromatic carbocycles. The van der Waals surface area contributed by atoms with Gasteiger partial charge in [0.2, 0.25) is 5.78 Å². The van der Waals surface area contributed by atoms with Crippen LogP contribution in [-0.4, -0.2) is 30.4 Å². The molecule has 0 N–H and O–H groups in total. The SMILES string of the molecule is CCc1nnsc1C(=O)c1c(Br)nnn1C. The molecule has 0 saturated carbocycles. The highest BCUT2D eigenvalue weighted by Crippen LogP contribution is 2.20. The average molecular weight is 302 g/mol. The van der Waals surface area contributed by atoms with Crippen molar-refractivity contribution in [3.05, 3.63) is 20.9 Å². The van der Waals surface area contributed by atoms with Crippen molar-refractivity contribution in [2.45, 2.75) is 13.3 Å². The molecule has 2 rings (SSSR count). The first-order chi connectivity index (χ1) is 7.65. The summed E-state index contributed by atoms with van der Waals surface area (Å²) in [6.07, 6.45) is 0.681. The van der Waals surface area contributed by atoms with Crippen LogP contribution < -0.4 is 0 Å². The van der Waals surface area contributed by atoms with Gasteiger partial charge in [-0.15, -0.1) is 10.2 Å². The third kappa shape index (κ3) is 1.78. The van der Waals surface area contributed by atoms with E-state index in [4.69, 9.17) is 0 Å². The monoisotopic (exact) mass is 301 g/mol. The number of aryl methyl sites for hydroxylation is 2. The fourth-order valence-corrected chi connectivity index (χ4v) is 2.49. The molecule has 0 aliphatic carbocycles. The van der Waals surface area contributed by atoms with Gasteiger partial charge in [-0.2, -0.15) is 0 Å². The van der Waals surface area contributed by atoms with Gasteiger partial charge in [0.1, 0.15) is 10.6 Å². The predicted molar refractivity (Wildman–Crippen MR) is 61.4 cm³/mol. The maximum atomic E-state index is 12.2. The number of hydrogen-bond acceptors (Lipinski definition) is 6. The van der Waals surface area contributed by atoms with Gasteiger partial charge in [0.25, 0.3) is 0 Å². The van der Waals surface area contributed by atoms with Crippen LogP contribution in [0.5, 0.6) is 0 Å². The first-order valence-electron chi connectivity index (χ1n) is 4.56. The van der Waals surface area contributed by atoms with E-state index >= 15 is 0 Å². The quantitative estimate of drug-likeness (QED) is 0.797. The van der Waals surface area contributed by atoms with Crippen molar-refractivity contribution in [2.75, 3.05) is 0 Å². The van der Waals surface area contributed by atoms with E-state index in [0.29, 0.717) is 27.3 Å². The lowest BCUT2D eigenvalue weighted by atomic mass is 10.2. The van der Waals surface area contributed by atoms with Gasteiger partial charge < -0.3 is 0 Å². The minimum atomic E-state index is -0.147. The summed E-state index contributed by atoms with van der Waals surface area (Å²) < 4.78 is 5.67. The average Bonchev–Trinajstić information content (AvgIpc) is 2.85. The largest absolute Gasteiger partial charge is 0.286 e. The van der Waals surface area contributed by atoms with Crippen LogP contribution in [0.3, 0.4) is 0 Å². The normalized spacial score (nSPS) is 10.7. The summed E-state index contributed by atoms with van der Waals surface area (Å²) in [4.78, 5) is 12.7. The summed E-state index contributed by atoms with van der Waals surface area (Å²) >= 11 is 4.30. The van der Waals surface area contributed by atoms with Gasteiger partial charge in [-0.05, 0) is 33.9 Å². The maximum absolute atomic E-state index is 12.2. The summed E-state index contributed by atoms with van der Waals surface area (Å²) in [6.45, 7) is 1.93. The number of aromatic nitrogens is 5. The van der Waals surface area contributed by atoms with Crippen LogP contribution in [0.25, 0.3) is 0 Å². The lowest BCUT2D eigenvalue weighted by Crippen LogP contribution is -2.09. The van der Waals surface area contributed by atoms with E-state index < -0.39 is 0 Å². The number of carbonyl (C=O) groups excluding carboxylic acids is 1. The van der Waals surface area contributed by atoms with Gasteiger partial charge in [0.15, 0.2) is 4.60 Å². The second-order valence-electron chi connectivity index (χ2n) is 3.08. The molecule has 0 amide bonds. The molecule has 0 saturated heterocycles. The molecule has 0 aliphatic rings. The van der Waals surface area contributed by atoms with Crippen LogP contribution in [0.15, 0.2) is 4.60 Å². The third-order valence-corrected chi connectivity index (χ3v) is 3.40. The van der Waals surface area contributed by atoms with E-state index in [1.165, 1.54) is 4.68 Å². The standard InChI is InChI=1S/C8H8BrN5OS/c1-3-4-7(16-13-10-4)6(15)5-8(9)11-12-14(5)2/h3H2,1-2H3. The minimum absolute atomic E-state index is 0.147. The number of rotatable bonds is 3. The number of hydrogen-bond donors (Lipinski definition) is 0. The van der Waals surface area contributed by atoms with Crippen LogP contribution in [0, 0.1) is 0 Å². The van der Waals surface area contributed by atoms with Crippen molar-refractivity contribution >= 4 is 33.2 Å². The fourth-order valence-electron chi connectivity index (χ4n) is 1.29. The summed E-state index contributed by atoms with van der Waals surface area (Å²) in [5.74, 6) is -0.147. The van der Waals surface area contributed by atoms with Crippen molar-refractivity contribution in [3.63, 3.8) is 0 Å². The maximum Gasteiger partial charge on any atom is 0.227 e. The van der Waals surface area contributed by atoms with Gasteiger partial charge in [0.05, 0.1) is 5.69 Å². The number of carbonyl (C=O) groups is 1. The Bertz CT molecular complexity index is 515. The summed E-state index contributed by atoms with van der Waals surface area (Å²) in [5.41, 5.74) is 1.13. The van der Waals surface area contributed by atoms with Crippen molar-refractivity contribution in [2.24, 2.45) is 7.05 Å². The zero-order valence-corrected chi connectivity index (χ0v) is 11.0. The Morgan fingerprint density at radius 2 is 2.25 bits per heavy atom. The highest BCUT2D eigenvalue weighted by molar-refractivity contribution is 9.10.